The van der Waals surface area contributed by atoms with E-state index in [1.165, 1.54) is 6.33 Å². The molecule has 1 amide bonds. The maximum atomic E-state index is 12.7. The molecule has 0 bridgehead atoms. The molecule has 23 heavy (non-hydrogen) atoms. The van der Waals surface area contributed by atoms with E-state index >= 15 is 0 Å². The van der Waals surface area contributed by atoms with Crippen LogP contribution in [0.5, 0.6) is 11.5 Å². The second-order valence-corrected chi connectivity index (χ2v) is 5.77. The summed E-state index contributed by atoms with van der Waals surface area (Å²) >= 11 is 0. The van der Waals surface area contributed by atoms with Gasteiger partial charge in [-0.3, -0.25) is 9.48 Å². The van der Waals surface area contributed by atoms with Gasteiger partial charge in [0.2, 0.25) is 0 Å². The van der Waals surface area contributed by atoms with E-state index in [0.29, 0.717) is 36.8 Å². The van der Waals surface area contributed by atoms with Crippen LogP contribution in [0, 0.1) is 5.92 Å². The first kappa shape index (κ1) is 15.3. The zero-order valence-electron chi connectivity index (χ0n) is 13.2. The van der Waals surface area contributed by atoms with E-state index < -0.39 is 0 Å². The van der Waals surface area contributed by atoms with Crippen molar-refractivity contribution in [3.05, 3.63) is 36.4 Å². The third-order valence-corrected chi connectivity index (χ3v) is 3.78. The monoisotopic (exact) mass is 316 g/mol. The molecule has 1 aliphatic heterocycles. The van der Waals surface area contributed by atoms with Crippen LogP contribution in [0.15, 0.2) is 30.9 Å². The minimum Gasteiger partial charge on any atom is -0.486 e. The van der Waals surface area contributed by atoms with Gasteiger partial charge in [-0.2, -0.15) is 5.10 Å². The van der Waals surface area contributed by atoms with Gasteiger partial charge in [-0.1, -0.05) is 19.9 Å². The zero-order chi connectivity index (χ0) is 16.2. The van der Waals surface area contributed by atoms with Gasteiger partial charge < -0.3 is 14.8 Å². The Hall–Kier alpha value is -2.57. The molecule has 2 heterocycles. The smallest absolute Gasteiger partial charge is 0.255 e. The third kappa shape index (κ3) is 3.44. The highest BCUT2D eigenvalue weighted by molar-refractivity contribution is 5.98. The average Bonchev–Trinajstić information content (AvgIpc) is 3.06. The molecule has 7 heteroatoms. The zero-order valence-corrected chi connectivity index (χ0v) is 13.2. The molecule has 2 aromatic rings. The molecule has 0 saturated heterocycles. The normalized spacial score (nSPS) is 14.6. The van der Waals surface area contributed by atoms with Gasteiger partial charge in [0.05, 0.1) is 18.2 Å². The Labute approximate surface area is 134 Å². The van der Waals surface area contributed by atoms with Crippen molar-refractivity contribution >= 4 is 5.91 Å². The van der Waals surface area contributed by atoms with Crippen LogP contribution in [-0.2, 0) is 6.54 Å². The van der Waals surface area contributed by atoms with Crippen molar-refractivity contribution in [2.45, 2.75) is 26.4 Å². The lowest BCUT2D eigenvalue weighted by Gasteiger charge is -2.24. The van der Waals surface area contributed by atoms with Crippen LogP contribution >= 0.6 is 0 Å². The largest absolute Gasteiger partial charge is 0.486 e. The van der Waals surface area contributed by atoms with Crippen molar-refractivity contribution in [3.63, 3.8) is 0 Å². The van der Waals surface area contributed by atoms with Crippen LogP contribution in [0.4, 0.5) is 0 Å². The summed E-state index contributed by atoms with van der Waals surface area (Å²) in [4.78, 5) is 16.6. The second-order valence-electron chi connectivity index (χ2n) is 5.77. The van der Waals surface area contributed by atoms with E-state index in [9.17, 15) is 4.79 Å². The summed E-state index contributed by atoms with van der Waals surface area (Å²) in [5.41, 5.74) is 0.492. The number of rotatable bonds is 5. The first-order chi connectivity index (χ1) is 11.1. The lowest BCUT2D eigenvalue weighted by molar-refractivity contribution is 0.0908. The van der Waals surface area contributed by atoms with Gasteiger partial charge in [-0.05, 0) is 18.1 Å². The number of amides is 1. The van der Waals surface area contributed by atoms with Crippen LogP contribution in [0.25, 0.3) is 0 Å². The van der Waals surface area contributed by atoms with Gasteiger partial charge in [0.15, 0.2) is 11.5 Å². The molecule has 3 rings (SSSR count). The summed E-state index contributed by atoms with van der Waals surface area (Å²) < 4.78 is 12.8. The van der Waals surface area contributed by atoms with Crippen molar-refractivity contribution in [3.8, 4) is 11.5 Å². The van der Waals surface area contributed by atoms with Crippen molar-refractivity contribution in [2.75, 3.05) is 13.2 Å². The van der Waals surface area contributed by atoms with Gasteiger partial charge in [0.25, 0.3) is 5.91 Å². The summed E-state index contributed by atoms with van der Waals surface area (Å²) in [6, 6.07) is 5.28. The average molecular weight is 316 g/mol. The van der Waals surface area contributed by atoms with Crippen molar-refractivity contribution in [2.24, 2.45) is 5.92 Å². The van der Waals surface area contributed by atoms with E-state index in [1.54, 1.807) is 29.2 Å². The molecule has 1 aliphatic rings. The molecule has 1 N–H and O–H groups in total. The van der Waals surface area contributed by atoms with Crippen LogP contribution in [0.3, 0.4) is 0 Å². The van der Waals surface area contributed by atoms with E-state index in [-0.39, 0.29) is 17.9 Å². The van der Waals surface area contributed by atoms with E-state index in [4.69, 9.17) is 9.47 Å². The van der Waals surface area contributed by atoms with Crippen molar-refractivity contribution < 1.29 is 14.3 Å². The van der Waals surface area contributed by atoms with E-state index in [1.807, 2.05) is 0 Å². The summed E-state index contributed by atoms with van der Waals surface area (Å²) in [7, 11) is 0. The van der Waals surface area contributed by atoms with Gasteiger partial charge in [-0.25, -0.2) is 4.98 Å². The SMILES string of the molecule is CC(C)C(Cn1cncn1)NC(=O)c1cccc2c1OCCO2. The predicted molar refractivity (Wildman–Crippen MR) is 83.5 cm³/mol. The Kier molecular flexibility index (Phi) is 4.45. The molecular weight excluding hydrogens is 296 g/mol. The van der Waals surface area contributed by atoms with E-state index in [2.05, 4.69) is 29.2 Å². The number of hydrogen-bond acceptors (Lipinski definition) is 5. The predicted octanol–water partition coefficient (Wildman–Crippen LogP) is 1.50. The number of benzene rings is 1. The Morgan fingerprint density at radius 2 is 2.17 bits per heavy atom. The molecule has 122 valence electrons. The molecule has 7 nitrogen and oxygen atoms in total. The fraction of sp³-hybridized carbons (Fsp3) is 0.438. The lowest BCUT2D eigenvalue weighted by Crippen LogP contribution is -2.42. The van der Waals surface area contributed by atoms with Crippen LogP contribution in [-0.4, -0.2) is 39.9 Å². The standard InChI is InChI=1S/C16H20N4O3/c1-11(2)13(8-20-10-17-9-18-20)19-16(21)12-4-3-5-14-15(12)23-7-6-22-14/h3-5,9-11,13H,6-8H2,1-2H3,(H,19,21). The van der Waals surface area contributed by atoms with Crippen molar-refractivity contribution in [1.82, 2.24) is 20.1 Å². The third-order valence-electron chi connectivity index (χ3n) is 3.78. The summed E-state index contributed by atoms with van der Waals surface area (Å²) in [6.07, 6.45) is 3.13. The number of nitrogens with one attached hydrogen (secondary N) is 1. The van der Waals surface area contributed by atoms with Gasteiger partial charge in [0.1, 0.15) is 25.9 Å². The quantitative estimate of drug-likeness (QED) is 0.904. The number of ether oxygens (including phenoxy) is 2. The Morgan fingerprint density at radius 3 is 2.91 bits per heavy atom. The number of hydrogen-bond donors (Lipinski definition) is 1. The number of fused-ring (bicyclic) bond motifs is 1. The topological polar surface area (TPSA) is 78.3 Å². The van der Waals surface area contributed by atoms with Crippen LogP contribution in [0.2, 0.25) is 0 Å². The maximum Gasteiger partial charge on any atom is 0.255 e. The number of carbonyl (C=O) groups is 1. The Morgan fingerprint density at radius 1 is 1.35 bits per heavy atom. The molecule has 0 aliphatic carbocycles. The molecule has 0 spiro atoms. The number of aromatic nitrogens is 3. The highest BCUT2D eigenvalue weighted by Crippen LogP contribution is 2.33. The minimum absolute atomic E-state index is 0.0652. The van der Waals surface area contributed by atoms with Gasteiger partial charge >= 0.3 is 0 Å². The Bertz CT molecular complexity index is 670. The molecule has 1 aromatic heterocycles. The summed E-state index contributed by atoms with van der Waals surface area (Å²) in [5.74, 6) is 1.20. The minimum atomic E-state index is -0.175. The first-order valence-electron chi connectivity index (χ1n) is 7.67. The first-order valence-corrected chi connectivity index (χ1v) is 7.67. The molecule has 0 fully saturated rings. The summed E-state index contributed by atoms with van der Waals surface area (Å²) in [6.45, 7) is 5.63. The number of para-hydroxylation sites is 1. The van der Waals surface area contributed by atoms with Gasteiger partial charge in [-0.15, -0.1) is 0 Å². The molecule has 0 saturated carbocycles. The fourth-order valence-electron chi connectivity index (χ4n) is 2.45. The van der Waals surface area contributed by atoms with E-state index in [0.717, 1.165) is 0 Å². The number of nitrogens with zero attached hydrogens (tertiary/aromatic N) is 3. The summed E-state index contributed by atoms with van der Waals surface area (Å²) in [5, 5.41) is 7.16. The molecule has 1 unspecified atom stereocenters. The van der Waals surface area contributed by atoms with Crippen LogP contribution < -0.4 is 14.8 Å². The maximum absolute atomic E-state index is 12.7. The highest BCUT2D eigenvalue weighted by Gasteiger charge is 2.23. The fourth-order valence-corrected chi connectivity index (χ4v) is 2.45. The molecule has 1 atom stereocenters. The highest BCUT2D eigenvalue weighted by atomic mass is 16.6. The van der Waals surface area contributed by atoms with Crippen LogP contribution in [0.1, 0.15) is 24.2 Å². The Balaban J connectivity index is 1.77. The lowest BCUT2D eigenvalue weighted by atomic mass is 10.0. The van der Waals surface area contributed by atoms with Gasteiger partial charge in [0, 0.05) is 0 Å². The molecular formula is C16H20N4O3. The number of carbonyl (C=O) groups excluding carboxylic acids is 1. The second kappa shape index (κ2) is 6.68. The molecule has 1 aromatic carbocycles. The van der Waals surface area contributed by atoms with Crippen molar-refractivity contribution in [1.29, 1.82) is 0 Å². The molecule has 0 radical (unpaired) electrons.